The number of carbonyl (C=O) groups is 2. The number of halogens is 1. The van der Waals surface area contributed by atoms with Gasteiger partial charge in [0.05, 0.1) is 16.6 Å². The maximum absolute atomic E-state index is 12.0. The van der Waals surface area contributed by atoms with Gasteiger partial charge in [0.2, 0.25) is 0 Å². The van der Waals surface area contributed by atoms with Crippen molar-refractivity contribution in [1.82, 2.24) is 5.32 Å². The molecule has 1 aliphatic carbocycles. The molecule has 0 aliphatic heterocycles. The predicted molar refractivity (Wildman–Crippen MR) is 81.7 cm³/mol. The molecule has 2 unspecified atom stereocenters. The molecule has 1 aromatic carbocycles. The van der Waals surface area contributed by atoms with E-state index in [1.54, 1.807) is 12.1 Å². The number of amides is 2. The molecule has 6 heteroatoms. The third-order valence-electron chi connectivity index (χ3n) is 3.73. The molecule has 2 rings (SSSR count). The number of hydrogen-bond acceptors (Lipinski definition) is 2. The SMILES string of the molecule is Cc1ccc(Cl)c(NC(=O)NC2CCCC(C(=O)O)C2)c1. The zero-order valence-corrected chi connectivity index (χ0v) is 12.6. The second-order valence-corrected chi connectivity index (χ2v) is 5.89. The fraction of sp³-hybridized carbons (Fsp3) is 0.467. The van der Waals surface area contributed by atoms with Gasteiger partial charge in [0.15, 0.2) is 0 Å². The van der Waals surface area contributed by atoms with E-state index in [1.165, 1.54) is 0 Å². The van der Waals surface area contributed by atoms with E-state index in [0.717, 1.165) is 18.4 Å². The molecule has 2 atom stereocenters. The smallest absolute Gasteiger partial charge is 0.319 e. The van der Waals surface area contributed by atoms with Crippen LogP contribution in [-0.4, -0.2) is 23.1 Å². The Balaban J connectivity index is 1.92. The number of benzene rings is 1. The van der Waals surface area contributed by atoms with Crippen molar-refractivity contribution in [3.05, 3.63) is 28.8 Å². The first-order chi connectivity index (χ1) is 9.95. The molecule has 1 fully saturated rings. The lowest BCUT2D eigenvalue weighted by molar-refractivity contribution is -0.143. The summed E-state index contributed by atoms with van der Waals surface area (Å²) in [5.41, 5.74) is 1.55. The molecule has 0 spiro atoms. The lowest BCUT2D eigenvalue weighted by Crippen LogP contribution is -2.42. The van der Waals surface area contributed by atoms with Crippen LogP contribution in [0.3, 0.4) is 0 Å². The van der Waals surface area contributed by atoms with Crippen LogP contribution in [0.15, 0.2) is 18.2 Å². The summed E-state index contributed by atoms with van der Waals surface area (Å²) in [6.07, 6.45) is 2.77. The van der Waals surface area contributed by atoms with Crippen LogP contribution >= 0.6 is 11.6 Å². The summed E-state index contributed by atoms with van der Waals surface area (Å²) in [6, 6.07) is 4.93. The number of aryl methyl sites for hydroxylation is 1. The van der Waals surface area contributed by atoms with Crippen molar-refractivity contribution in [3.63, 3.8) is 0 Å². The number of hydrogen-bond donors (Lipinski definition) is 3. The number of anilines is 1. The second kappa shape index (κ2) is 6.80. The van der Waals surface area contributed by atoms with Gasteiger partial charge in [-0.3, -0.25) is 4.79 Å². The minimum Gasteiger partial charge on any atom is -0.481 e. The van der Waals surface area contributed by atoms with E-state index < -0.39 is 5.97 Å². The summed E-state index contributed by atoms with van der Waals surface area (Å²) in [6.45, 7) is 1.91. The molecule has 21 heavy (non-hydrogen) atoms. The Morgan fingerprint density at radius 2 is 2.10 bits per heavy atom. The first-order valence-electron chi connectivity index (χ1n) is 7.02. The highest BCUT2D eigenvalue weighted by molar-refractivity contribution is 6.33. The highest BCUT2D eigenvalue weighted by atomic mass is 35.5. The summed E-state index contributed by atoms with van der Waals surface area (Å²) in [5.74, 6) is -1.16. The molecule has 0 heterocycles. The summed E-state index contributed by atoms with van der Waals surface area (Å²) < 4.78 is 0. The Morgan fingerprint density at radius 3 is 2.81 bits per heavy atom. The van der Waals surface area contributed by atoms with Crippen molar-refractivity contribution < 1.29 is 14.7 Å². The summed E-state index contributed by atoms with van der Waals surface area (Å²) in [5, 5.41) is 15.1. The Kier molecular flexibility index (Phi) is 5.07. The number of carboxylic acids is 1. The van der Waals surface area contributed by atoms with Crippen molar-refractivity contribution in [1.29, 1.82) is 0 Å². The average molecular weight is 311 g/mol. The maximum Gasteiger partial charge on any atom is 0.319 e. The van der Waals surface area contributed by atoms with Crippen LogP contribution in [0.25, 0.3) is 0 Å². The van der Waals surface area contributed by atoms with Gasteiger partial charge in [-0.15, -0.1) is 0 Å². The van der Waals surface area contributed by atoms with Gasteiger partial charge in [0, 0.05) is 6.04 Å². The monoisotopic (exact) mass is 310 g/mol. The zero-order valence-electron chi connectivity index (χ0n) is 11.9. The Hall–Kier alpha value is -1.75. The van der Waals surface area contributed by atoms with Crippen LogP contribution in [0, 0.1) is 12.8 Å². The molecule has 1 aliphatic rings. The largest absolute Gasteiger partial charge is 0.481 e. The minimum atomic E-state index is -0.788. The molecular weight excluding hydrogens is 292 g/mol. The van der Waals surface area contributed by atoms with E-state index >= 15 is 0 Å². The van der Waals surface area contributed by atoms with E-state index in [4.69, 9.17) is 16.7 Å². The normalized spacial score (nSPS) is 21.6. The molecule has 0 radical (unpaired) electrons. The average Bonchev–Trinajstić information content (AvgIpc) is 2.43. The topological polar surface area (TPSA) is 78.4 Å². The van der Waals surface area contributed by atoms with Gasteiger partial charge >= 0.3 is 12.0 Å². The predicted octanol–water partition coefficient (Wildman–Crippen LogP) is 3.41. The van der Waals surface area contributed by atoms with Crippen LogP contribution in [0.4, 0.5) is 10.5 Å². The number of rotatable bonds is 3. The standard InChI is InChI=1S/C15H19ClN2O3/c1-9-5-6-12(16)13(7-9)18-15(21)17-11-4-2-3-10(8-11)14(19)20/h5-7,10-11H,2-4,8H2,1H3,(H,19,20)(H2,17,18,21). The fourth-order valence-corrected chi connectivity index (χ4v) is 2.79. The first kappa shape index (κ1) is 15.6. The first-order valence-corrected chi connectivity index (χ1v) is 7.40. The van der Waals surface area contributed by atoms with Gasteiger partial charge in [-0.25, -0.2) is 4.79 Å². The maximum atomic E-state index is 12.0. The van der Waals surface area contributed by atoms with Crippen LogP contribution in [0.2, 0.25) is 5.02 Å². The fourth-order valence-electron chi connectivity index (χ4n) is 2.62. The van der Waals surface area contributed by atoms with E-state index in [2.05, 4.69) is 10.6 Å². The van der Waals surface area contributed by atoms with E-state index in [9.17, 15) is 9.59 Å². The molecule has 0 aromatic heterocycles. The minimum absolute atomic E-state index is 0.108. The lowest BCUT2D eigenvalue weighted by atomic mass is 9.86. The van der Waals surface area contributed by atoms with Crippen molar-refractivity contribution in [3.8, 4) is 0 Å². The van der Waals surface area contributed by atoms with E-state index in [-0.39, 0.29) is 18.0 Å². The van der Waals surface area contributed by atoms with Crippen LogP contribution < -0.4 is 10.6 Å². The van der Waals surface area contributed by atoms with Gasteiger partial charge in [0.25, 0.3) is 0 Å². The van der Waals surface area contributed by atoms with Gasteiger partial charge in [-0.2, -0.15) is 0 Å². The molecular formula is C15H19ClN2O3. The molecule has 0 bridgehead atoms. The molecule has 2 amide bonds. The number of urea groups is 1. The Labute approximate surface area is 128 Å². The number of carboxylic acid groups (broad SMARTS) is 1. The number of carbonyl (C=O) groups excluding carboxylic acids is 1. The van der Waals surface area contributed by atoms with Crippen molar-refractivity contribution in [2.75, 3.05) is 5.32 Å². The van der Waals surface area contributed by atoms with Gasteiger partial charge in [-0.05, 0) is 43.9 Å². The van der Waals surface area contributed by atoms with Gasteiger partial charge in [0.1, 0.15) is 0 Å². The Bertz CT molecular complexity index is 548. The van der Waals surface area contributed by atoms with E-state index in [1.807, 2.05) is 13.0 Å². The summed E-state index contributed by atoms with van der Waals surface area (Å²) in [4.78, 5) is 23.0. The van der Waals surface area contributed by atoms with Gasteiger partial charge in [-0.1, -0.05) is 24.1 Å². The number of aliphatic carboxylic acids is 1. The van der Waals surface area contributed by atoms with Gasteiger partial charge < -0.3 is 15.7 Å². The molecule has 1 aromatic rings. The van der Waals surface area contributed by atoms with Crippen LogP contribution in [0.5, 0.6) is 0 Å². The van der Waals surface area contributed by atoms with Crippen molar-refractivity contribution in [2.45, 2.75) is 38.6 Å². The Morgan fingerprint density at radius 1 is 1.33 bits per heavy atom. The highest BCUT2D eigenvalue weighted by Crippen LogP contribution is 2.25. The third-order valence-corrected chi connectivity index (χ3v) is 4.06. The van der Waals surface area contributed by atoms with Crippen molar-refractivity contribution >= 4 is 29.3 Å². The zero-order chi connectivity index (χ0) is 15.4. The lowest BCUT2D eigenvalue weighted by Gasteiger charge is -2.27. The molecule has 3 N–H and O–H groups in total. The van der Waals surface area contributed by atoms with Crippen LogP contribution in [-0.2, 0) is 4.79 Å². The molecule has 1 saturated carbocycles. The molecule has 114 valence electrons. The summed E-state index contributed by atoms with van der Waals surface area (Å²) >= 11 is 6.03. The number of nitrogens with one attached hydrogen (secondary N) is 2. The van der Waals surface area contributed by atoms with Crippen LogP contribution in [0.1, 0.15) is 31.2 Å². The molecule has 0 saturated heterocycles. The van der Waals surface area contributed by atoms with E-state index in [0.29, 0.717) is 23.6 Å². The highest BCUT2D eigenvalue weighted by Gasteiger charge is 2.27. The second-order valence-electron chi connectivity index (χ2n) is 5.48. The van der Waals surface area contributed by atoms with Crippen molar-refractivity contribution in [2.24, 2.45) is 5.92 Å². The quantitative estimate of drug-likeness (QED) is 0.800. The summed E-state index contributed by atoms with van der Waals surface area (Å²) in [7, 11) is 0. The molecule has 5 nitrogen and oxygen atoms in total. The third kappa shape index (κ3) is 4.36.